The molecule has 0 radical (unpaired) electrons. The van der Waals surface area contributed by atoms with E-state index >= 15 is 0 Å². The van der Waals surface area contributed by atoms with E-state index in [-0.39, 0.29) is 11.4 Å². The third-order valence-electron chi connectivity index (χ3n) is 3.49. The molecule has 0 aliphatic carbocycles. The minimum absolute atomic E-state index is 0.138. The van der Waals surface area contributed by atoms with Crippen molar-refractivity contribution in [1.82, 2.24) is 10.2 Å². The van der Waals surface area contributed by atoms with E-state index < -0.39 is 0 Å². The summed E-state index contributed by atoms with van der Waals surface area (Å²) >= 11 is 3.44. The lowest BCUT2D eigenvalue weighted by molar-refractivity contribution is 0.0975. The highest BCUT2D eigenvalue weighted by Crippen LogP contribution is 2.23. The zero-order valence-corrected chi connectivity index (χ0v) is 12.7. The van der Waals surface area contributed by atoms with Gasteiger partial charge in [0.1, 0.15) is 5.82 Å². The van der Waals surface area contributed by atoms with Gasteiger partial charge in [0.15, 0.2) is 0 Å². The SMILES string of the molecule is CC1CNC(C)(C)CN1Cc1ccc(F)cc1Br. The highest BCUT2D eigenvalue weighted by Gasteiger charge is 2.30. The molecule has 1 fully saturated rings. The fourth-order valence-corrected chi connectivity index (χ4v) is 2.83. The van der Waals surface area contributed by atoms with Gasteiger partial charge in [0.05, 0.1) is 0 Å². The first kappa shape index (κ1) is 14.0. The fraction of sp³-hybridized carbons (Fsp3) is 0.571. The summed E-state index contributed by atoms with van der Waals surface area (Å²) in [6, 6.07) is 5.42. The second kappa shape index (κ2) is 5.27. The quantitative estimate of drug-likeness (QED) is 0.902. The second-order valence-corrected chi connectivity index (χ2v) is 6.61. The molecule has 1 aliphatic heterocycles. The van der Waals surface area contributed by atoms with Crippen LogP contribution in [0.5, 0.6) is 0 Å². The Morgan fingerprint density at radius 1 is 1.50 bits per heavy atom. The molecule has 1 N–H and O–H groups in total. The van der Waals surface area contributed by atoms with Crippen LogP contribution in [0.1, 0.15) is 26.3 Å². The molecule has 2 nitrogen and oxygen atoms in total. The molecule has 1 aromatic carbocycles. The van der Waals surface area contributed by atoms with E-state index in [1.165, 1.54) is 12.1 Å². The summed E-state index contributed by atoms with van der Waals surface area (Å²) in [6.45, 7) is 9.49. The van der Waals surface area contributed by atoms with Crippen molar-refractivity contribution in [3.8, 4) is 0 Å². The summed E-state index contributed by atoms with van der Waals surface area (Å²) in [5, 5.41) is 3.53. The van der Waals surface area contributed by atoms with Gasteiger partial charge in [0.25, 0.3) is 0 Å². The van der Waals surface area contributed by atoms with Crippen molar-refractivity contribution in [2.24, 2.45) is 0 Å². The van der Waals surface area contributed by atoms with Crippen LogP contribution in [0.3, 0.4) is 0 Å². The molecule has 18 heavy (non-hydrogen) atoms. The van der Waals surface area contributed by atoms with Crippen molar-refractivity contribution in [3.63, 3.8) is 0 Å². The molecule has 4 heteroatoms. The van der Waals surface area contributed by atoms with Crippen LogP contribution in [0.15, 0.2) is 22.7 Å². The third-order valence-corrected chi connectivity index (χ3v) is 4.22. The second-order valence-electron chi connectivity index (χ2n) is 5.75. The molecule has 0 saturated carbocycles. The predicted molar refractivity (Wildman–Crippen MR) is 76.1 cm³/mol. The Morgan fingerprint density at radius 2 is 2.22 bits per heavy atom. The van der Waals surface area contributed by atoms with Crippen molar-refractivity contribution >= 4 is 15.9 Å². The lowest BCUT2D eigenvalue weighted by atomic mass is 9.98. The monoisotopic (exact) mass is 314 g/mol. The third kappa shape index (κ3) is 3.31. The van der Waals surface area contributed by atoms with Gasteiger partial charge in [-0.15, -0.1) is 0 Å². The minimum atomic E-state index is -0.195. The summed E-state index contributed by atoms with van der Waals surface area (Å²) in [7, 11) is 0. The molecule has 1 aliphatic rings. The van der Waals surface area contributed by atoms with E-state index in [1.807, 2.05) is 6.07 Å². The topological polar surface area (TPSA) is 15.3 Å². The first-order valence-corrected chi connectivity index (χ1v) is 7.10. The van der Waals surface area contributed by atoms with E-state index in [0.717, 1.165) is 29.7 Å². The Labute approximate surface area is 117 Å². The van der Waals surface area contributed by atoms with Crippen LogP contribution in [0, 0.1) is 5.82 Å². The standard InChI is InChI=1S/C14H20BrFN2/c1-10-7-17-14(2,3)9-18(10)8-11-4-5-12(16)6-13(11)15/h4-6,10,17H,7-9H2,1-3H3. The van der Waals surface area contributed by atoms with Crippen molar-refractivity contribution in [2.75, 3.05) is 13.1 Å². The van der Waals surface area contributed by atoms with E-state index in [0.29, 0.717) is 6.04 Å². The van der Waals surface area contributed by atoms with Crippen LogP contribution in [0.4, 0.5) is 4.39 Å². The van der Waals surface area contributed by atoms with Gasteiger partial charge in [-0.05, 0) is 38.5 Å². The number of benzene rings is 1. The first-order valence-electron chi connectivity index (χ1n) is 6.30. The van der Waals surface area contributed by atoms with Crippen LogP contribution in [0.25, 0.3) is 0 Å². The molecular weight excluding hydrogens is 295 g/mol. The van der Waals surface area contributed by atoms with E-state index in [1.54, 1.807) is 0 Å². The number of halogens is 2. The number of nitrogens with zero attached hydrogens (tertiary/aromatic N) is 1. The van der Waals surface area contributed by atoms with Gasteiger partial charge < -0.3 is 5.32 Å². The van der Waals surface area contributed by atoms with Gasteiger partial charge in [0, 0.05) is 35.7 Å². The Bertz CT molecular complexity index is 434. The smallest absolute Gasteiger partial charge is 0.124 e. The van der Waals surface area contributed by atoms with Crippen LogP contribution >= 0.6 is 15.9 Å². The Kier molecular flexibility index (Phi) is 4.09. The molecule has 0 amide bonds. The van der Waals surface area contributed by atoms with E-state index in [2.05, 4.69) is 46.9 Å². The Hall–Kier alpha value is -0.450. The predicted octanol–water partition coefficient (Wildman–Crippen LogP) is 3.16. The highest BCUT2D eigenvalue weighted by atomic mass is 79.9. The summed E-state index contributed by atoms with van der Waals surface area (Å²) in [4.78, 5) is 2.44. The number of hydrogen-bond donors (Lipinski definition) is 1. The summed E-state index contributed by atoms with van der Waals surface area (Å²) in [5.74, 6) is -0.195. The van der Waals surface area contributed by atoms with Crippen LogP contribution < -0.4 is 5.32 Å². The van der Waals surface area contributed by atoms with Gasteiger partial charge >= 0.3 is 0 Å². The van der Waals surface area contributed by atoms with Gasteiger partial charge in [-0.3, -0.25) is 4.90 Å². The first-order chi connectivity index (χ1) is 8.37. The average molecular weight is 315 g/mol. The number of piperazine rings is 1. The van der Waals surface area contributed by atoms with Crippen molar-refractivity contribution in [1.29, 1.82) is 0 Å². The maximum absolute atomic E-state index is 13.1. The molecule has 1 heterocycles. The molecule has 0 aromatic heterocycles. The van der Waals surface area contributed by atoms with Gasteiger partial charge in [-0.1, -0.05) is 22.0 Å². The lowest BCUT2D eigenvalue weighted by Gasteiger charge is -2.43. The maximum atomic E-state index is 13.1. The van der Waals surface area contributed by atoms with Crippen LogP contribution in [-0.4, -0.2) is 29.6 Å². The number of hydrogen-bond acceptors (Lipinski definition) is 2. The summed E-state index contributed by atoms with van der Waals surface area (Å²) in [6.07, 6.45) is 0. The normalized spacial score (nSPS) is 24.2. The zero-order chi connectivity index (χ0) is 13.3. The molecule has 1 saturated heterocycles. The van der Waals surface area contributed by atoms with Gasteiger partial charge in [0.2, 0.25) is 0 Å². The van der Waals surface area contributed by atoms with Crippen molar-refractivity contribution in [2.45, 2.75) is 38.9 Å². The van der Waals surface area contributed by atoms with Crippen molar-refractivity contribution < 1.29 is 4.39 Å². The number of nitrogens with one attached hydrogen (secondary N) is 1. The molecule has 2 rings (SSSR count). The summed E-state index contributed by atoms with van der Waals surface area (Å²) in [5.41, 5.74) is 1.28. The van der Waals surface area contributed by atoms with Crippen LogP contribution in [-0.2, 0) is 6.54 Å². The van der Waals surface area contributed by atoms with Crippen molar-refractivity contribution in [3.05, 3.63) is 34.1 Å². The largest absolute Gasteiger partial charge is 0.309 e. The molecule has 0 bridgehead atoms. The molecule has 1 atom stereocenters. The zero-order valence-electron chi connectivity index (χ0n) is 11.1. The lowest BCUT2D eigenvalue weighted by Crippen LogP contribution is -2.60. The number of rotatable bonds is 2. The Morgan fingerprint density at radius 3 is 2.89 bits per heavy atom. The minimum Gasteiger partial charge on any atom is -0.309 e. The molecule has 100 valence electrons. The molecule has 1 unspecified atom stereocenters. The Balaban J connectivity index is 2.12. The average Bonchev–Trinajstić information content (AvgIpc) is 2.27. The fourth-order valence-electron chi connectivity index (χ4n) is 2.35. The maximum Gasteiger partial charge on any atom is 0.124 e. The summed E-state index contributed by atoms with van der Waals surface area (Å²) < 4.78 is 13.9. The van der Waals surface area contributed by atoms with Crippen LogP contribution in [0.2, 0.25) is 0 Å². The van der Waals surface area contributed by atoms with Gasteiger partial charge in [-0.2, -0.15) is 0 Å². The van der Waals surface area contributed by atoms with E-state index in [4.69, 9.17) is 0 Å². The van der Waals surface area contributed by atoms with E-state index in [9.17, 15) is 4.39 Å². The highest BCUT2D eigenvalue weighted by molar-refractivity contribution is 9.10. The molecule has 1 aromatic rings. The molecule has 0 spiro atoms. The molecular formula is C14H20BrFN2. The van der Waals surface area contributed by atoms with Gasteiger partial charge in [-0.25, -0.2) is 4.39 Å².